The Hall–Kier alpha value is -0.340. The van der Waals surface area contributed by atoms with E-state index in [1.165, 1.54) is 38.5 Å². The topological polar surface area (TPSA) is 35.5 Å². The lowest BCUT2D eigenvalue weighted by Gasteiger charge is -2.52. The van der Waals surface area contributed by atoms with Crippen LogP contribution in [0.5, 0.6) is 0 Å². The molecule has 0 aromatic heterocycles. The van der Waals surface area contributed by atoms with Crippen molar-refractivity contribution in [1.29, 1.82) is 0 Å². The Labute approximate surface area is 176 Å². The summed E-state index contributed by atoms with van der Waals surface area (Å²) in [7, 11) is -3.43. The largest absolute Gasteiger partial charge is 0.341 e. The lowest BCUT2D eigenvalue weighted by Crippen LogP contribution is -2.45. The average Bonchev–Trinajstić information content (AvgIpc) is 2.72. The van der Waals surface area contributed by atoms with E-state index >= 15 is 0 Å². The van der Waals surface area contributed by atoms with E-state index in [9.17, 15) is 4.57 Å². The van der Waals surface area contributed by atoms with Gasteiger partial charge in [-0.05, 0) is 63.0 Å². The van der Waals surface area contributed by atoms with Crippen molar-refractivity contribution in [2.45, 2.75) is 83.2 Å². The average molecular weight is 427 g/mol. The fraction of sp³-hybridized carbons (Fsp3) is 0.739. The number of hydrogen-bond acceptors (Lipinski definition) is 3. The second kappa shape index (κ2) is 10.1. The predicted molar refractivity (Wildman–Crippen MR) is 117 cm³/mol. The van der Waals surface area contributed by atoms with Crippen LogP contribution in [-0.4, -0.2) is 13.2 Å². The summed E-state index contributed by atoms with van der Waals surface area (Å²) in [6.07, 6.45) is 11.5. The van der Waals surface area contributed by atoms with Crippen molar-refractivity contribution >= 4 is 19.2 Å². The van der Waals surface area contributed by atoms with Gasteiger partial charge in [-0.2, -0.15) is 0 Å². The van der Waals surface area contributed by atoms with E-state index in [0.29, 0.717) is 18.2 Å². The SMILES string of the molecule is CCOP(=O)(OCC)C(c1ccccc1Cl)(C1CCCCC1)C1CCCCC1. The van der Waals surface area contributed by atoms with Gasteiger partial charge in [-0.15, -0.1) is 0 Å². The number of halogens is 1. The monoisotopic (exact) mass is 426 g/mol. The molecule has 0 radical (unpaired) electrons. The van der Waals surface area contributed by atoms with Crippen LogP contribution in [0.1, 0.15) is 83.6 Å². The summed E-state index contributed by atoms with van der Waals surface area (Å²) in [4.78, 5) is 0. The van der Waals surface area contributed by atoms with Crippen LogP contribution in [0.25, 0.3) is 0 Å². The fourth-order valence-corrected chi connectivity index (χ4v) is 9.27. The van der Waals surface area contributed by atoms with Crippen LogP contribution in [0.2, 0.25) is 5.02 Å². The van der Waals surface area contributed by atoms with Crippen LogP contribution in [0.15, 0.2) is 24.3 Å². The van der Waals surface area contributed by atoms with E-state index < -0.39 is 12.8 Å². The molecule has 0 saturated heterocycles. The smallest absolute Gasteiger partial charge is 0.308 e. The Kier molecular flexibility index (Phi) is 8.07. The Bertz CT molecular complexity index is 638. The molecule has 0 atom stereocenters. The zero-order valence-corrected chi connectivity index (χ0v) is 19.1. The Morgan fingerprint density at radius 3 is 1.79 bits per heavy atom. The number of rotatable bonds is 8. The highest BCUT2D eigenvalue weighted by molar-refractivity contribution is 7.55. The van der Waals surface area contributed by atoms with E-state index in [4.69, 9.17) is 20.6 Å². The maximum atomic E-state index is 14.7. The fourth-order valence-electron chi connectivity index (χ4n) is 5.83. The summed E-state index contributed by atoms with van der Waals surface area (Å²) in [6, 6.07) is 8.03. The first-order valence-corrected chi connectivity index (χ1v) is 13.2. The molecule has 2 aliphatic carbocycles. The highest BCUT2D eigenvalue weighted by Gasteiger charge is 2.61. The maximum absolute atomic E-state index is 14.7. The predicted octanol–water partition coefficient (Wildman–Crippen LogP) is 7.96. The van der Waals surface area contributed by atoms with Gasteiger partial charge in [-0.3, -0.25) is 4.57 Å². The Balaban J connectivity index is 2.26. The van der Waals surface area contributed by atoms with Gasteiger partial charge in [0.2, 0.25) is 0 Å². The van der Waals surface area contributed by atoms with Crippen LogP contribution in [0.4, 0.5) is 0 Å². The molecule has 0 spiro atoms. The van der Waals surface area contributed by atoms with Gasteiger partial charge >= 0.3 is 7.60 Å². The lowest BCUT2D eigenvalue weighted by molar-refractivity contribution is 0.106. The van der Waals surface area contributed by atoms with E-state index in [0.717, 1.165) is 31.2 Å². The third-order valence-electron chi connectivity index (χ3n) is 6.81. The molecule has 2 fully saturated rings. The normalized spacial score (nSPS) is 20.4. The number of hydrogen-bond donors (Lipinski definition) is 0. The summed E-state index contributed by atoms with van der Waals surface area (Å²) < 4.78 is 26.9. The minimum atomic E-state index is -3.43. The minimum Gasteiger partial charge on any atom is -0.308 e. The molecule has 2 saturated carbocycles. The summed E-state index contributed by atoms with van der Waals surface area (Å²) in [6.45, 7) is 4.63. The van der Waals surface area contributed by atoms with Gasteiger partial charge in [0.25, 0.3) is 0 Å². The van der Waals surface area contributed by atoms with Gasteiger partial charge in [0.1, 0.15) is 5.16 Å². The van der Waals surface area contributed by atoms with Crippen molar-refractivity contribution in [3.8, 4) is 0 Å². The third-order valence-corrected chi connectivity index (χ3v) is 10.2. The van der Waals surface area contributed by atoms with Crippen LogP contribution in [0.3, 0.4) is 0 Å². The second-order valence-corrected chi connectivity index (χ2v) is 11.0. The lowest BCUT2D eigenvalue weighted by atomic mass is 9.66. The van der Waals surface area contributed by atoms with Crippen molar-refractivity contribution < 1.29 is 13.6 Å². The van der Waals surface area contributed by atoms with Gasteiger partial charge in [0.15, 0.2) is 0 Å². The summed E-state index contributed by atoms with van der Waals surface area (Å²) >= 11 is 6.82. The Morgan fingerprint density at radius 2 is 1.36 bits per heavy atom. The van der Waals surface area contributed by atoms with Crippen molar-refractivity contribution in [2.24, 2.45) is 11.8 Å². The molecular formula is C23H36ClO3P. The van der Waals surface area contributed by atoms with Crippen molar-refractivity contribution in [1.82, 2.24) is 0 Å². The maximum Gasteiger partial charge on any atom is 0.341 e. The van der Waals surface area contributed by atoms with Gasteiger partial charge in [0.05, 0.1) is 13.2 Å². The van der Waals surface area contributed by atoms with Crippen LogP contribution in [-0.2, 0) is 18.8 Å². The second-order valence-electron chi connectivity index (χ2n) is 8.31. The van der Waals surface area contributed by atoms with E-state index in [2.05, 4.69) is 6.07 Å². The van der Waals surface area contributed by atoms with Gasteiger partial charge in [-0.25, -0.2) is 0 Å². The van der Waals surface area contributed by atoms with Crippen molar-refractivity contribution in [3.63, 3.8) is 0 Å². The van der Waals surface area contributed by atoms with Crippen molar-refractivity contribution in [2.75, 3.05) is 13.2 Å². The zero-order valence-electron chi connectivity index (χ0n) is 17.5. The van der Waals surface area contributed by atoms with Crippen LogP contribution in [0, 0.1) is 11.8 Å². The molecular weight excluding hydrogens is 391 g/mol. The molecule has 158 valence electrons. The van der Waals surface area contributed by atoms with E-state index in [-0.39, 0.29) is 11.8 Å². The van der Waals surface area contributed by atoms with Gasteiger partial charge in [0, 0.05) is 5.02 Å². The molecule has 3 nitrogen and oxygen atoms in total. The molecule has 5 heteroatoms. The molecule has 3 rings (SSSR count). The first-order chi connectivity index (χ1) is 13.6. The van der Waals surface area contributed by atoms with Crippen LogP contribution >= 0.6 is 19.2 Å². The summed E-state index contributed by atoms with van der Waals surface area (Å²) in [5, 5.41) is 0.0661. The highest BCUT2D eigenvalue weighted by Crippen LogP contribution is 2.74. The molecule has 0 N–H and O–H groups in total. The zero-order chi connectivity index (χ0) is 20.0. The molecule has 1 aromatic carbocycles. The van der Waals surface area contributed by atoms with E-state index in [1.54, 1.807) is 0 Å². The molecule has 0 unspecified atom stereocenters. The summed E-state index contributed by atoms with van der Waals surface area (Å²) in [5.74, 6) is 0.571. The Morgan fingerprint density at radius 1 is 0.893 bits per heavy atom. The number of benzene rings is 1. The van der Waals surface area contributed by atoms with Gasteiger partial charge in [-0.1, -0.05) is 68.3 Å². The van der Waals surface area contributed by atoms with Crippen LogP contribution < -0.4 is 0 Å². The molecule has 28 heavy (non-hydrogen) atoms. The molecule has 2 aliphatic rings. The minimum absolute atomic E-state index is 0.285. The molecule has 0 amide bonds. The van der Waals surface area contributed by atoms with Gasteiger partial charge < -0.3 is 9.05 Å². The molecule has 1 aromatic rings. The summed E-state index contributed by atoms with van der Waals surface area (Å²) in [5.41, 5.74) is 1.00. The molecule has 0 bridgehead atoms. The third kappa shape index (κ3) is 4.10. The standard InChI is InChI=1S/C23H36ClO3P/c1-3-26-28(25,27-4-2)23(19-13-7-5-8-14-19,20-15-9-6-10-16-20)21-17-11-12-18-22(21)24/h11-12,17-20H,3-10,13-16H2,1-2H3. The van der Waals surface area contributed by atoms with E-state index in [1.807, 2.05) is 32.0 Å². The molecule has 0 heterocycles. The van der Waals surface area contributed by atoms with Crippen molar-refractivity contribution in [3.05, 3.63) is 34.9 Å². The quantitative estimate of drug-likeness (QED) is 0.395. The highest BCUT2D eigenvalue weighted by atomic mass is 35.5. The molecule has 0 aliphatic heterocycles. The first kappa shape index (κ1) is 22.3. The first-order valence-electron chi connectivity index (χ1n) is 11.2.